The second-order valence-electron chi connectivity index (χ2n) is 13.0. The van der Waals surface area contributed by atoms with Crippen LogP contribution in [0.25, 0.3) is 107 Å². The van der Waals surface area contributed by atoms with Crippen LogP contribution < -0.4 is 0 Å². The fourth-order valence-electron chi connectivity index (χ4n) is 7.45. The number of benzene rings is 7. The first-order chi connectivity index (χ1) is 25.7. The fourth-order valence-corrected chi connectivity index (χ4v) is 9.76. The highest BCUT2D eigenvalue weighted by atomic mass is 32.1. The Kier molecular flexibility index (Phi) is 6.56. The van der Waals surface area contributed by atoms with E-state index in [1.165, 1.54) is 45.7 Å². The maximum absolute atomic E-state index is 5.22. The normalized spacial score (nSPS) is 11.8. The summed E-state index contributed by atoms with van der Waals surface area (Å²) in [5, 5.41) is 8.44. The van der Waals surface area contributed by atoms with Crippen molar-refractivity contribution < 1.29 is 0 Å². The highest BCUT2D eigenvalue weighted by Crippen LogP contribution is 2.43. The molecule has 0 saturated heterocycles. The molecule has 0 saturated carbocycles. The van der Waals surface area contributed by atoms with E-state index in [4.69, 9.17) is 19.9 Å². The summed E-state index contributed by atoms with van der Waals surface area (Å²) >= 11 is 3.62. The first-order valence-electron chi connectivity index (χ1n) is 17.2. The summed E-state index contributed by atoms with van der Waals surface area (Å²) in [4.78, 5) is 20.6. The molecular weight excluding hydrogens is 673 g/mol. The number of rotatable bonds is 4. The van der Waals surface area contributed by atoms with Gasteiger partial charge in [-0.2, -0.15) is 0 Å². The van der Waals surface area contributed by atoms with Gasteiger partial charge in [-0.05, 0) is 47.2 Å². The molecule has 0 aliphatic heterocycles. The lowest BCUT2D eigenvalue weighted by Crippen LogP contribution is -2.00. The number of hydrogen-bond acceptors (Lipinski definition) is 6. The number of nitrogens with zero attached hydrogens (tertiary/aromatic N) is 4. The summed E-state index contributed by atoms with van der Waals surface area (Å²) in [5.41, 5.74) is 5.91. The SMILES string of the molecule is c1ccc2c(-c3nc(-c4ccc(-c5nc6ccccc6c6c5sc5ccccc56)cc4)nc(-c4ccc5sc6ccccc6c5c4)n3)cccc2c1. The van der Waals surface area contributed by atoms with Gasteiger partial charge in [0.2, 0.25) is 0 Å². The van der Waals surface area contributed by atoms with Gasteiger partial charge in [0.05, 0.1) is 15.9 Å². The molecule has 0 radical (unpaired) electrons. The molecule has 4 nitrogen and oxygen atoms in total. The molecule has 4 heterocycles. The Morgan fingerprint density at radius 2 is 0.962 bits per heavy atom. The lowest BCUT2D eigenvalue weighted by atomic mass is 10.0. The average molecular weight is 699 g/mol. The second-order valence-corrected chi connectivity index (χ2v) is 15.1. The Balaban J connectivity index is 1.09. The molecule has 0 N–H and O–H groups in total. The van der Waals surface area contributed by atoms with Gasteiger partial charge in [0, 0.05) is 63.3 Å². The maximum Gasteiger partial charge on any atom is 0.164 e. The Hall–Kier alpha value is -6.34. The lowest BCUT2D eigenvalue weighted by Gasteiger charge is -2.11. The molecule has 4 aromatic heterocycles. The Labute approximate surface area is 306 Å². The summed E-state index contributed by atoms with van der Waals surface area (Å²) in [6.07, 6.45) is 0. The molecule has 0 fully saturated rings. The minimum Gasteiger partial charge on any atom is -0.246 e. The van der Waals surface area contributed by atoms with E-state index >= 15 is 0 Å². The Morgan fingerprint density at radius 1 is 0.365 bits per heavy atom. The fraction of sp³-hybridized carbons (Fsp3) is 0. The largest absolute Gasteiger partial charge is 0.246 e. The minimum atomic E-state index is 0.633. The van der Waals surface area contributed by atoms with Crippen molar-refractivity contribution in [1.29, 1.82) is 0 Å². The van der Waals surface area contributed by atoms with Crippen molar-refractivity contribution in [3.05, 3.63) is 158 Å². The maximum atomic E-state index is 5.22. The molecule has 11 aromatic rings. The van der Waals surface area contributed by atoms with Gasteiger partial charge in [-0.25, -0.2) is 19.9 Å². The van der Waals surface area contributed by atoms with Crippen LogP contribution in [0.5, 0.6) is 0 Å². The van der Waals surface area contributed by atoms with Gasteiger partial charge in [-0.3, -0.25) is 0 Å². The molecular formula is C46H26N4S2. The zero-order valence-electron chi connectivity index (χ0n) is 27.6. The number of thiophene rings is 2. The van der Waals surface area contributed by atoms with Crippen LogP contribution in [0.1, 0.15) is 0 Å². The van der Waals surface area contributed by atoms with Gasteiger partial charge in [0.25, 0.3) is 0 Å². The molecule has 0 spiro atoms. The van der Waals surface area contributed by atoms with Gasteiger partial charge >= 0.3 is 0 Å². The van der Waals surface area contributed by atoms with Gasteiger partial charge < -0.3 is 0 Å². The molecule has 242 valence electrons. The molecule has 11 rings (SSSR count). The van der Waals surface area contributed by atoms with E-state index in [0.29, 0.717) is 17.5 Å². The van der Waals surface area contributed by atoms with Crippen molar-refractivity contribution in [2.75, 3.05) is 0 Å². The minimum absolute atomic E-state index is 0.633. The van der Waals surface area contributed by atoms with Crippen LogP contribution in [-0.2, 0) is 0 Å². The highest BCUT2D eigenvalue weighted by molar-refractivity contribution is 7.26. The predicted octanol–water partition coefficient (Wildman–Crippen LogP) is 13.0. The van der Waals surface area contributed by atoms with E-state index in [2.05, 4.69) is 158 Å². The lowest BCUT2D eigenvalue weighted by molar-refractivity contribution is 1.08. The van der Waals surface area contributed by atoms with E-state index in [1.54, 1.807) is 11.3 Å². The van der Waals surface area contributed by atoms with Crippen LogP contribution in [0.3, 0.4) is 0 Å². The number of pyridine rings is 1. The van der Waals surface area contributed by atoms with Gasteiger partial charge in [-0.1, -0.05) is 121 Å². The smallest absolute Gasteiger partial charge is 0.164 e. The molecule has 0 amide bonds. The summed E-state index contributed by atoms with van der Waals surface area (Å²) in [6.45, 7) is 0. The number of hydrogen-bond donors (Lipinski definition) is 0. The Bertz CT molecular complexity index is 3190. The van der Waals surface area contributed by atoms with Crippen LogP contribution in [0, 0.1) is 0 Å². The van der Waals surface area contributed by atoms with Crippen molar-refractivity contribution in [3.63, 3.8) is 0 Å². The van der Waals surface area contributed by atoms with Crippen molar-refractivity contribution in [1.82, 2.24) is 19.9 Å². The number of para-hydroxylation sites is 1. The molecule has 0 aliphatic carbocycles. The van der Waals surface area contributed by atoms with Crippen LogP contribution >= 0.6 is 22.7 Å². The standard InChI is InChI=1S/C46H26N4S2/c1-2-12-31-27(10-1)11-9-16-33(31)46-49-44(48-45(50-46)30-24-25-40-36(26-30)32-13-4-7-18-38(32)51-40)29-22-20-28(21-23-29)42-43-41(34-14-3-6-17-37(34)47-42)35-15-5-8-19-39(35)52-43/h1-26H. The third-order valence-corrected chi connectivity index (χ3v) is 12.3. The quantitative estimate of drug-likeness (QED) is 0.184. The van der Waals surface area contributed by atoms with E-state index in [1.807, 2.05) is 11.3 Å². The van der Waals surface area contributed by atoms with E-state index < -0.39 is 0 Å². The highest BCUT2D eigenvalue weighted by Gasteiger charge is 2.18. The van der Waals surface area contributed by atoms with Gasteiger partial charge in [0.15, 0.2) is 17.5 Å². The van der Waals surface area contributed by atoms with Crippen molar-refractivity contribution in [3.8, 4) is 45.4 Å². The second kappa shape index (κ2) is 11.6. The summed E-state index contributed by atoms with van der Waals surface area (Å²) in [6, 6.07) is 55.5. The number of fused-ring (bicyclic) bond motifs is 9. The van der Waals surface area contributed by atoms with Crippen molar-refractivity contribution >= 4 is 84.7 Å². The topological polar surface area (TPSA) is 51.6 Å². The third-order valence-electron chi connectivity index (χ3n) is 9.93. The van der Waals surface area contributed by atoms with Crippen LogP contribution in [0.15, 0.2) is 158 Å². The molecule has 6 heteroatoms. The zero-order valence-corrected chi connectivity index (χ0v) is 29.2. The average Bonchev–Trinajstić information content (AvgIpc) is 3.79. The predicted molar refractivity (Wildman–Crippen MR) is 220 cm³/mol. The van der Waals surface area contributed by atoms with Crippen molar-refractivity contribution in [2.45, 2.75) is 0 Å². The molecule has 7 aromatic carbocycles. The molecule has 0 aliphatic rings. The van der Waals surface area contributed by atoms with Gasteiger partial charge in [0.1, 0.15) is 0 Å². The molecule has 0 atom stereocenters. The van der Waals surface area contributed by atoms with Gasteiger partial charge in [-0.15, -0.1) is 22.7 Å². The van der Waals surface area contributed by atoms with E-state index in [-0.39, 0.29) is 0 Å². The summed E-state index contributed by atoms with van der Waals surface area (Å²) in [5.74, 6) is 1.94. The summed E-state index contributed by atoms with van der Waals surface area (Å²) in [7, 11) is 0. The van der Waals surface area contributed by atoms with Crippen molar-refractivity contribution in [2.24, 2.45) is 0 Å². The first kappa shape index (κ1) is 29.4. The first-order valence-corrected chi connectivity index (χ1v) is 18.9. The van der Waals surface area contributed by atoms with E-state index in [9.17, 15) is 0 Å². The molecule has 0 unspecified atom stereocenters. The van der Waals surface area contributed by atoms with E-state index in [0.717, 1.165) is 44.2 Å². The Morgan fingerprint density at radius 3 is 1.81 bits per heavy atom. The molecule has 0 bridgehead atoms. The zero-order chi connectivity index (χ0) is 34.2. The number of aromatic nitrogens is 4. The third kappa shape index (κ3) is 4.65. The molecule has 52 heavy (non-hydrogen) atoms. The monoisotopic (exact) mass is 698 g/mol. The van der Waals surface area contributed by atoms with Crippen LogP contribution in [0.4, 0.5) is 0 Å². The van der Waals surface area contributed by atoms with Crippen LogP contribution in [0.2, 0.25) is 0 Å². The van der Waals surface area contributed by atoms with Crippen LogP contribution in [-0.4, -0.2) is 19.9 Å². The summed E-state index contributed by atoms with van der Waals surface area (Å²) < 4.78 is 4.99.